The van der Waals surface area contributed by atoms with Crippen LogP contribution in [0.1, 0.15) is 22.5 Å². The van der Waals surface area contributed by atoms with Crippen LogP contribution < -0.4 is 0 Å². The van der Waals surface area contributed by atoms with Crippen molar-refractivity contribution in [1.29, 1.82) is 0 Å². The molecule has 0 N–H and O–H groups in total. The SMILES string of the molecule is Cc1ccc2cc3c(nc2n1)CCN(CCc1ccccc1)C3. The molecule has 1 aliphatic rings. The van der Waals surface area contributed by atoms with Gasteiger partial charge in [0.25, 0.3) is 0 Å². The fourth-order valence-corrected chi connectivity index (χ4v) is 3.29. The van der Waals surface area contributed by atoms with Crippen molar-refractivity contribution in [2.45, 2.75) is 26.3 Å². The average molecular weight is 303 g/mol. The van der Waals surface area contributed by atoms with E-state index in [0.29, 0.717) is 0 Å². The van der Waals surface area contributed by atoms with E-state index in [9.17, 15) is 0 Å². The molecular weight excluding hydrogens is 282 g/mol. The lowest BCUT2D eigenvalue weighted by Gasteiger charge is -2.28. The van der Waals surface area contributed by atoms with E-state index in [-0.39, 0.29) is 0 Å². The number of pyridine rings is 2. The van der Waals surface area contributed by atoms with Gasteiger partial charge in [0.2, 0.25) is 0 Å². The molecule has 0 spiro atoms. The summed E-state index contributed by atoms with van der Waals surface area (Å²) in [6.07, 6.45) is 2.13. The molecule has 1 aromatic carbocycles. The van der Waals surface area contributed by atoms with E-state index in [0.717, 1.165) is 49.2 Å². The molecule has 3 heterocycles. The van der Waals surface area contributed by atoms with Gasteiger partial charge in [-0.15, -0.1) is 0 Å². The Morgan fingerprint density at radius 1 is 1.04 bits per heavy atom. The lowest BCUT2D eigenvalue weighted by atomic mass is 10.0. The van der Waals surface area contributed by atoms with Crippen LogP contribution in [-0.4, -0.2) is 28.0 Å². The topological polar surface area (TPSA) is 29.0 Å². The predicted octanol–water partition coefficient (Wildman–Crippen LogP) is 3.54. The van der Waals surface area contributed by atoms with E-state index in [1.54, 1.807) is 0 Å². The second-order valence-electron chi connectivity index (χ2n) is 6.36. The van der Waals surface area contributed by atoms with Crippen molar-refractivity contribution in [1.82, 2.24) is 14.9 Å². The summed E-state index contributed by atoms with van der Waals surface area (Å²) >= 11 is 0. The van der Waals surface area contributed by atoms with Gasteiger partial charge in [0.1, 0.15) is 0 Å². The van der Waals surface area contributed by atoms with Crippen LogP contribution in [0.5, 0.6) is 0 Å². The molecule has 3 nitrogen and oxygen atoms in total. The number of hydrogen-bond acceptors (Lipinski definition) is 3. The number of aryl methyl sites for hydroxylation is 1. The Bertz CT molecular complexity index is 827. The molecule has 0 radical (unpaired) electrons. The summed E-state index contributed by atoms with van der Waals surface area (Å²) in [5.41, 5.74) is 5.93. The fourth-order valence-electron chi connectivity index (χ4n) is 3.29. The maximum Gasteiger partial charge on any atom is 0.159 e. The third-order valence-corrected chi connectivity index (χ3v) is 4.60. The predicted molar refractivity (Wildman–Crippen MR) is 93.4 cm³/mol. The van der Waals surface area contributed by atoms with Crippen molar-refractivity contribution in [3.05, 3.63) is 71.0 Å². The molecular formula is C20H21N3. The second-order valence-corrected chi connectivity index (χ2v) is 6.36. The third kappa shape index (κ3) is 3.10. The average Bonchev–Trinajstić information content (AvgIpc) is 2.59. The quantitative estimate of drug-likeness (QED) is 0.741. The summed E-state index contributed by atoms with van der Waals surface area (Å²) < 4.78 is 0. The maximum absolute atomic E-state index is 4.79. The molecule has 23 heavy (non-hydrogen) atoms. The minimum absolute atomic E-state index is 0.890. The van der Waals surface area contributed by atoms with Gasteiger partial charge in [-0.1, -0.05) is 30.3 Å². The summed E-state index contributed by atoms with van der Waals surface area (Å²) in [5.74, 6) is 0. The molecule has 0 atom stereocenters. The normalized spacial score (nSPS) is 14.8. The van der Waals surface area contributed by atoms with Crippen LogP contribution in [0.4, 0.5) is 0 Å². The second kappa shape index (κ2) is 6.09. The van der Waals surface area contributed by atoms with Gasteiger partial charge in [-0.25, -0.2) is 9.97 Å². The van der Waals surface area contributed by atoms with E-state index in [1.165, 1.54) is 16.8 Å². The molecule has 3 aromatic rings. The molecule has 116 valence electrons. The first kappa shape index (κ1) is 14.3. The van der Waals surface area contributed by atoms with Crippen LogP contribution >= 0.6 is 0 Å². The van der Waals surface area contributed by atoms with Crippen LogP contribution in [0.3, 0.4) is 0 Å². The minimum atomic E-state index is 0.890. The third-order valence-electron chi connectivity index (χ3n) is 4.60. The highest BCUT2D eigenvalue weighted by atomic mass is 15.1. The molecule has 3 heteroatoms. The Kier molecular flexibility index (Phi) is 3.80. The van der Waals surface area contributed by atoms with Crippen molar-refractivity contribution in [3.8, 4) is 0 Å². The van der Waals surface area contributed by atoms with E-state index >= 15 is 0 Å². The van der Waals surface area contributed by atoms with Gasteiger partial charge in [-0.05, 0) is 42.7 Å². The van der Waals surface area contributed by atoms with Gasteiger partial charge in [-0.2, -0.15) is 0 Å². The molecule has 0 amide bonds. The number of aromatic nitrogens is 2. The van der Waals surface area contributed by atoms with Crippen LogP contribution in [-0.2, 0) is 19.4 Å². The molecule has 4 rings (SSSR count). The number of benzene rings is 1. The zero-order valence-electron chi connectivity index (χ0n) is 13.5. The Morgan fingerprint density at radius 3 is 2.78 bits per heavy atom. The van der Waals surface area contributed by atoms with Crippen LogP contribution in [0.2, 0.25) is 0 Å². The summed E-state index contributed by atoms with van der Waals surface area (Å²) in [6.45, 7) is 5.21. The van der Waals surface area contributed by atoms with E-state index < -0.39 is 0 Å². The largest absolute Gasteiger partial charge is 0.298 e. The van der Waals surface area contributed by atoms with Crippen LogP contribution in [0.25, 0.3) is 11.0 Å². The summed E-state index contributed by atoms with van der Waals surface area (Å²) in [6, 6.07) is 17.2. The van der Waals surface area contributed by atoms with Crippen molar-refractivity contribution in [2.24, 2.45) is 0 Å². The summed E-state index contributed by atoms with van der Waals surface area (Å²) in [5, 5.41) is 1.15. The van der Waals surface area contributed by atoms with Crippen molar-refractivity contribution in [2.75, 3.05) is 13.1 Å². The monoisotopic (exact) mass is 303 g/mol. The fraction of sp³-hybridized carbons (Fsp3) is 0.300. The van der Waals surface area contributed by atoms with Crippen molar-refractivity contribution < 1.29 is 0 Å². The molecule has 0 fully saturated rings. The van der Waals surface area contributed by atoms with Crippen molar-refractivity contribution in [3.63, 3.8) is 0 Å². The van der Waals surface area contributed by atoms with Crippen molar-refractivity contribution >= 4 is 11.0 Å². The van der Waals surface area contributed by atoms with Gasteiger partial charge >= 0.3 is 0 Å². The Labute approximate surface area is 137 Å². The van der Waals surface area contributed by atoms with Gasteiger partial charge in [0, 0.05) is 42.8 Å². The van der Waals surface area contributed by atoms with Gasteiger partial charge in [-0.3, -0.25) is 4.90 Å². The Hall–Kier alpha value is -2.26. The number of fused-ring (bicyclic) bond motifs is 2. The van der Waals surface area contributed by atoms with Gasteiger partial charge in [0.15, 0.2) is 5.65 Å². The summed E-state index contributed by atoms with van der Waals surface area (Å²) in [4.78, 5) is 11.9. The zero-order chi connectivity index (χ0) is 15.6. The highest BCUT2D eigenvalue weighted by Gasteiger charge is 2.18. The zero-order valence-corrected chi connectivity index (χ0v) is 13.5. The van der Waals surface area contributed by atoms with E-state index in [4.69, 9.17) is 4.98 Å². The first-order chi connectivity index (χ1) is 11.3. The highest BCUT2D eigenvalue weighted by molar-refractivity contribution is 5.76. The summed E-state index contributed by atoms with van der Waals surface area (Å²) in [7, 11) is 0. The number of rotatable bonds is 3. The maximum atomic E-state index is 4.79. The Balaban J connectivity index is 1.51. The smallest absolute Gasteiger partial charge is 0.159 e. The lowest BCUT2D eigenvalue weighted by molar-refractivity contribution is 0.255. The van der Waals surface area contributed by atoms with E-state index in [2.05, 4.69) is 58.4 Å². The van der Waals surface area contributed by atoms with Gasteiger partial charge < -0.3 is 0 Å². The molecule has 0 saturated heterocycles. The first-order valence-electron chi connectivity index (χ1n) is 8.30. The molecule has 1 aliphatic heterocycles. The molecule has 0 bridgehead atoms. The van der Waals surface area contributed by atoms with E-state index in [1.807, 2.05) is 6.92 Å². The highest BCUT2D eigenvalue weighted by Crippen LogP contribution is 2.22. The van der Waals surface area contributed by atoms with Gasteiger partial charge in [0.05, 0.1) is 0 Å². The minimum Gasteiger partial charge on any atom is -0.298 e. The number of hydrogen-bond donors (Lipinski definition) is 0. The lowest BCUT2D eigenvalue weighted by Crippen LogP contribution is -2.32. The van der Waals surface area contributed by atoms with Crippen LogP contribution in [0, 0.1) is 6.92 Å². The standard InChI is InChI=1S/C20H21N3/c1-15-7-8-17-13-18-14-23(11-9-16-5-3-2-4-6-16)12-10-19(18)22-20(17)21-15/h2-8,13H,9-12,14H2,1H3. The molecule has 2 aromatic heterocycles. The number of nitrogens with zero attached hydrogens (tertiary/aromatic N) is 3. The van der Waals surface area contributed by atoms with Crippen LogP contribution in [0.15, 0.2) is 48.5 Å². The molecule has 0 aliphatic carbocycles. The first-order valence-corrected chi connectivity index (χ1v) is 8.30. The molecule has 0 saturated carbocycles. The Morgan fingerprint density at radius 2 is 1.91 bits per heavy atom. The molecule has 0 unspecified atom stereocenters.